The first-order chi connectivity index (χ1) is 12.1. The van der Waals surface area contributed by atoms with E-state index in [1.807, 2.05) is 12.3 Å². The van der Waals surface area contributed by atoms with Gasteiger partial charge in [-0.05, 0) is 30.2 Å². The van der Waals surface area contributed by atoms with Crippen molar-refractivity contribution < 1.29 is 0 Å². The van der Waals surface area contributed by atoms with Crippen LogP contribution < -0.4 is 10.2 Å². The van der Waals surface area contributed by atoms with Crippen molar-refractivity contribution in [1.29, 1.82) is 0 Å². The first kappa shape index (κ1) is 20.7. The van der Waals surface area contributed by atoms with E-state index >= 15 is 0 Å². The number of nitrogens with one attached hydrogen (secondary N) is 1. The van der Waals surface area contributed by atoms with Crippen LogP contribution in [0, 0.1) is 0 Å². The molecule has 2 aromatic rings. The van der Waals surface area contributed by atoms with Gasteiger partial charge in [0.1, 0.15) is 5.82 Å². The number of nitrogens with zero attached hydrogens (tertiary/aromatic N) is 3. The van der Waals surface area contributed by atoms with Gasteiger partial charge in [-0.2, -0.15) is 0 Å². The summed E-state index contributed by atoms with van der Waals surface area (Å²) >= 11 is 0. The van der Waals surface area contributed by atoms with Crippen molar-refractivity contribution in [3.63, 3.8) is 0 Å². The maximum absolute atomic E-state index is 4.65. The van der Waals surface area contributed by atoms with Crippen LogP contribution in [0.5, 0.6) is 0 Å². The lowest BCUT2D eigenvalue weighted by molar-refractivity contribution is 0.311. The molecule has 1 aliphatic rings. The fourth-order valence-corrected chi connectivity index (χ4v) is 3.23. The van der Waals surface area contributed by atoms with Crippen LogP contribution in [0.15, 0.2) is 42.6 Å². The van der Waals surface area contributed by atoms with Gasteiger partial charge >= 0.3 is 0 Å². The minimum absolute atomic E-state index is 0. The molecule has 0 radical (unpaired) electrons. The number of rotatable bonds is 6. The third kappa shape index (κ3) is 5.44. The van der Waals surface area contributed by atoms with E-state index in [0.717, 1.165) is 45.1 Å². The van der Waals surface area contributed by atoms with Crippen LogP contribution in [0.4, 0.5) is 5.82 Å². The average molecular weight is 375 g/mol. The Hall–Kier alpha value is -1.62. The standard InChI is InChI=1S/C21H30N4.ClH/c1-17(2)19-8-6-18(7-9-19)15-22-16-20-5-4-10-23-21(20)25-13-11-24(3)12-14-25;/h4-10,17,22H,11-16H2,1-3H3;1H. The highest BCUT2D eigenvalue weighted by Gasteiger charge is 2.17. The molecule has 0 spiro atoms. The first-order valence-corrected chi connectivity index (χ1v) is 9.30. The van der Waals surface area contributed by atoms with Crippen molar-refractivity contribution in [2.24, 2.45) is 0 Å². The number of likely N-dealkylation sites (N-methyl/N-ethyl adjacent to an activating group) is 1. The van der Waals surface area contributed by atoms with Gasteiger partial charge in [-0.25, -0.2) is 4.98 Å². The lowest BCUT2D eigenvalue weighted by Gasteiger charge is -2.34. The molecule has 5 heteroatoms. The Morgan fingerprint density at radius 2 is 1.69 bits per heavy atom. The van der Waals surface area contributed by atoms with E-state index in [1.165, 1.54) is 16.7 Å². The zero-order valence-corrected chi connectivity index (χ0v) is 16.9. The monoisotopic (exact) mass is 374 g/mol. The zero-order chi connectivity index (χ0) is 17.6. The van der Waals surface area contributed by atoms with Gasteiger partial charge in [-0.1, -0.05) is 44.2 Å². The maximum Gasteiger partial charge on any atom is 0.133 e. The maximum atomic E-state index is 4.65. The predicted molar refractivity (Wildman–Crippen MR) is 112 cm³/mol. The molecule has 1 aromatic carbocycles. The lowest BCUT2D eigenvalue weighted by atomic mass is 10.0. The molecule has 2 heterocycles. The number of hydrogen-bond acceptors (Lipinski definition) is 4. The Morgan fingerprint density at radius 3 is 2.35 bits per heavy atom. The van der Waals surface area contributed by atoms with Gasteiger partial charge in [0.25, 0.3) is 0 Å². The number of aromatic nitrogens is 1. The molecule has 1 aromatic heterocycles. The predicted octanol–water partition coefficient (Wildman–Crippen LogP) is 3.67. The second-order valence-electron chi connectivity index (χ2n) is 7.28. The van der Waals surface area contributed by atoms with E-state index in [0.29, 0.717) is 5.92 Å². The lowest BCUT2D eigenvalue weighted by Crippen LogP contribution is -2.45. The second-order valence-corrected chi connectivity index (χ2v) is 7.28. The molecule has 0 unspecified atom stereocenters. The molecule has 0 atom stereocenters. The van der Waals surface area contributed by atoms with E-state index in [9.17, 15) is 0 Å². The van der Waals surface area contributed by atoms with E-state index in [1.54, 1.807) is 0 Å². The minimum Gasteiger partial charge on any atom is -0.354 e. The molecule has 1 N–H and O–H groups in total. The topological polar surface area (TPSA) is 31.4 Å². The minimum atomic E-state index is 0. The summed E-state index contributed by atoms with van der Waals surface area (Å²) in [6.07, 6.45) is 1.90. The number of benzene rings is 1. The third-order valence-electron chi connectivity index (χ3n) is 4.96. The Bertz CT molecular complexity index is 664. The molecule has 0 aliphatic carbocycles. The summed E-state index contributed by atoms with van der Waals surface area (Å²) in [6, 6.07) is 13.2. The smallest absolute Gasteiger partial charge is 0.133 e. The van der Waals surface area contributed by atoms with E-state index in [-0.39, 0.29) is 12.4 Å². The fraction of sp³-hybridized carbons (Fsp3) is 0.476. The summed E-state index contributed by atoms with van der Waals surface area (Å²) in [5, 5.41) is 3.58. The molecule has 1 aliphatic heterocycles. The molecule has 26 heavy (non-hydrogen) atoms. The Kier molecular flexibility index (Phi) is 7.88. The van der Waals surface area contributed by atoms with Crippen LogP contribution in [0.25, 0.3) is 0 Å². The number of halogens is 1. The molecular weight excluding hydrogens is 344 g/mol. The summed E-state index contributed by atoms with van der Waals surface area (Å²) in [6.45, 7) is 10.5. The van der Waals surface area contributed by atoms with E-state index < -0.39 is 0 Å². The normalized spacial score (nSPS) is 15.2. The number of piperazine rings is 1. The number of anilines is 1. The summed E-state index contributed by atoms with van der Waals surface area (Å²) in [7, 11) is 2.18. The SMILES string of the molecule is CC(C)c1ccc(CNCc2cccnc2N2CCN(C)CC2)cc1.Cl. The molecule has 142 valence electrons. The second kappa shape index (κ2) is 9.91. The Labute approximate surface area is 164 Å². The van der Waals surface area contributed by atoms with Crippen LogP contribution in [-0.4, -0.2) is 43.1 Å². The summed E-state index contributed by atoms with van der Waals surface area (Å²) in [5.41, 5.74) is 4.01. The average Bonchev–Trinajstić information content (AvgIpc) is 2.63. The highest BCUT2D eigenvalue weighted by molar-refractivity contribution is 5.85. The van der Waals surface area contributed by atoms with Crippen molar-refractivity contribution in [2.75, 3.05) is 38.1 Å². The number of hydrogen-bond donors (Lipinski definition) is 1. The van der Waals surface area contributed by atoms with Gasteiger partial charge in [0.15, 0.2) is 0 Å². The molecule has 0 amide bonds. The largest absolute Gasteiger partial charge is 0.354 e. The van der Waals surface area contributed by atoms with Crippen LogP contribution in [0.1, 0.15) is 36.5 Å². The van der Waals surface area contributed by atoms with Gasteiger partial charge in [0.05, 0.1) is 0 Å². The molecular formula is C21H31ClN4. The van der Waals surface area contributed by atoms with Crippen molar-refractivity contribution in [2.45, 2.75) is 32.9 Å². The quantitative estimate of drug-likeness (QED) is 0.835. The highest BCUT2D eigenvalue weighted by Crippen LogP contribution is 2.19. The highest BCUT2D eigenvalue weighted by atomic mass is 35.5. The summed E-state index contributed by atoms with van der Waals surface area (Å²) in [5.74, 6) is 1.72. The van der Waals surface area contributed by atoms with Crippen LogP contribution in [-0.2, 0) is 13.1 Å². The third-order valence-corrected chi connectivity index (χ3v) is 4.96. The summed E-state index contributed by atoms with van der Waals surface area (Å²) < 4.78 is 0. The Morgan fingerprint density at radius 1 is 1.00 bits per heavy atom. The van der Waals surface area contributed by atoms with Crippen molar-refractivity contribution in [1.82, 2.24) is 15.2 Å². The van der Waals surface area contributed by atoms with Crippen molar-refractivity contribution in [3.05, 3.63) is 59.3 Å². The molecule has 0 saturated carbocycles. The van der Waals surface area contributed by atoms with Gasteiger partial charge in [0.2, 0.25) is 0 Å². The van der Waals surface area contributed by atoms with E-state index in [2.05, 4.69) is 71.3 Å². The number of pyridine rings is 1. The van der Waals surface area contributed by atoms with Gasteiger partial charge < -0.3 is 15.1 Å². The van der Waals surface area contributed by atoms with Crippen molar-refractivity contribution >= 4 is 18.2 Å². The molecule has 0 bridgehead atoms. The molecule has 1 fully saturated rings. The zero-order valence-electron chi connectivity index (χ0n) is 16.1. The Balaban J connectivity index is 0.00000243. The molecule has 1 saturated heterocycles. The summed E-state index contributed by atoms with van der Waals surface area (Å²) in [4.78, 5) is 9.44. The van der Waals surface area contributed by atoms with Crippen LogP contribution in [0.3, 0.4) is 0 Å². The van der Waals surface area contributed by atoms with Gasteiger partial charge in [-0.15, -0.1) is 12.4 Å². The van der Waals surface area contributed by atoms with Crippen molar-refractivity contribution in [3.8, 4) is 0 Å². The molecule has 4 nitrogen and oxygen atoms in total. The first-order valence-electron chi connectivity index (χ1n) is 9.30. The molecule has 3 rings (SSSR count). The van der Waals surface area contributed by atoms with Crippen LogP contribution in [0.2, 0.25) is 0 Å². The van der Waals surface area contributed by atoms with Crippen LogP contribution >= 0.6 is 12.4 Å². The van der Waals surface area contributed by atoms with Gasteiger partial charge in [-0.3, -0.25) is 0 Å². The fourth-order valence-electron chi connectivity index (χ4n) is 3.23. The van der Waals surface area contributed by atoms with E-state index in [4.69, 9.17) is 0 Å². The van der Waals surface area contributed by atoms with Gasteiger partial charge in [0, 0.05) is 51.0 Å².